The highest BCUT2D eigenvalue weighted by atomic mass is 19.1. The summed E-state index contributed by atoms with van der Waals surface area (Å²) in [5.41, 5.74) is 3.02. The van der Waals surface area contributed by atoms with Crippen LogP contribution in [0.2, 0.25) is 0 Å². The Balaban J connectivity index is 1.88. The van der Waals surface area contributed by atoms with Gasteiger partial charge in [0.2, 0.25) is 0 Å². The first-order chi connectivity index (χ1) is 10.5. The number of ketones is 1. The fourth-order valence-corrected chi connectivity index (χ4v) is 3.25. The fourth-order valence-electron chi connectivity index (χ4n) is 3.25. The summed E-state index contributed by atoms with van der Waals surface area (Å²) in [6.45, 7) is 3.68. The van der Waals surface area contributed by atoms with Crippen LogP contribution in [0.3, 0.4) is 0 Å². The van der Waals surface area contributed by atoms with Crippen molar-refractivity contribution >= 4 is 5.78 Å². The summed E-state index contributed by atoms with van der Waals surface area (Å²) in [7, 11) is 2.04. The van der Waals surface area contributed by atoms with Crippen molar-refractivity contribution in [3.05, 3.63) is 71.0 Å². The number of hydrogen-bond acceptors (Lipinski definition) is 2. The van der Waals surface area contributed by atoms with Crippen molar-refractivity contribution < 1.29 is 9.18 Å². The minimum atomic E-state index is -0.310. The van der Waals surface area contributed by atoms with E-state index < -0.39 is 0 Å². The molecule has 0 aromatic heterocycles. The number of likely N-dealkylation sites (tertiary alicyclic amines) is 1. The third-order valence-electron chi connectivity index (χ3n) is 4.47. The molecule has 0 N–H and O–H groups in total. The van der Waals surface area contributed by atoms with Gasteiger partial charge in [0.1, 0.15) is 5.82 Å². The Bertz CT molecular complexity index is 663. The van der Waals surface area contributed by atoms with Crippen LogP contribution in [0.1, 0.15) is 27.4 Å². The normalized spacial score (nSPS) is 22.0. The fraction of sp³-hybridized carbons (Fsp3) is 0.316. The summed E-state index contributed by atoms with van der Waals surface area (Å²) in [5, 5.41) is 0. The highest BCUT2D eigenvalue weighted by Crippen LogP contribution is 2.34. The van der Waals surface area contributed by atoms with Gasteiger partial charge < -0.3 is 4.90 Å². The number of Topliss-reactive ketones (excluding diaryl/α,β-unsaturated/α-hetero) is 1. The van der Waals surface area contributed by atoms with Crippen molar-refractivity contribution in [2.45, 2.75) is 12.8 Å². The van der Waals surface area contributed by atoms with Crippen LogP contribution in [0.25, 0.3) is 0 Å². The van der Waals surface area contributed by atoms with Gasteiger partial charge in [0, 0.05) is 30.5 Å². The first-order valence-corrected chi connectivity index (χ1v) is 7.59. The maximum Gasteiger partial charge on any atom is 0.167 e. The summed E-state index contributed by atoms with van der Waals surface area (Å²) >= 11 is 0. The molecule has 1 aliphatic heterocycles. The standard InChI is InChI=1S/C19H20FNO/c1-13-3-5-14(6-4-13)17-11-21(2)12-18(17)19(22)15-7-9-16(20)10-8-15/h3-10,17-18H,11-12H2,1-2H3/t17-,18-/m0/s1. The highest BCUT2D eigenvalue weighted by Gasteiger charge is 2.37. The molecular formula is C19H20FNO. The number of hydrogen-bond donors (Lipinski definition) is 0. The van der Waals surface area contributed by atoms with E-state index in [0.29, 0.717) is 5.56 Å². The Kier molecular flexibility index (Phi) is 4.08. The van der Waals surface area contributed by atoms with Crippen molar-refractivity contribution in [3.63, 3.8) is 0 Å². The predicted molar refractivity (Wildman–Crippen MR) is 85.6 cm³/mol. The Morgan fingerprint density at radius 3 is 2.32 bits per heavy atom. The molecule has 2 nitrogen and oxygen atoms in total. The molecule has 3 heteroatoms. The Morgan fingerprint density at radius 1 is 1.05 bits per heavy atom. The molecule has 2 aromatic rings. The van der Waals surface area contributed by atoms with Crippen LogP contribution < -0.4 is 0 Å². The average molecular weight is 297 g/mol. The number of aryl methyl sites for hydroxylation is 1. The number of benzene rings is 2. The molecule has 3 rings (SSSR count). The van der Waals surface area contributed by atoms with E-state index in [1.165, 1.54) is 23.3 Å². The molecule has 0 amide bonds. The smallest absolute Gasteiger partial charge is 0.167 e. The number of carbonyl (C=O) groups excluding carboxylic acids is 1. The third-order valence-corrected chi connectivity index (χ3v) is 4.47. The number of likely N-dealkylation sites (N-methyl/N-ethyl adjacent to an activating group) is 1. The van der Waals surface area contributed by atoms with Gasteiger partial charge in [0.15, 0.2) is 5.78 Å². The second-order valence-corrected chi connectivity index (χ2v) is 6.22. The van der Waals surface area contributed by atoms with E-state index in [0.717, 1.165) is 13.1 Å². The second-order valence-electron chi connectivity index (χ2n) is 6.22. The average Bonchev–Trinajstić information content (AvgIpc) is 2.90. The van der Waals surface area contributed by atoms with E-state index in [-0.39, 0.29) is 23.4 Å². The summed E-state index contributed by atoms with van der Waals surface area (Å²) in [6, 6.07) is 14.3. The zero-order valence-electron chi connectivity index (χ0n) is 12.9. The van der Waals surface area contributed by atoms with Crippen molar-refractivity contribution in [2.24, 2.45) is 5.92 Å². The van der Waals surface area contributed by atoms with Crippen LogP contribution in [-0.2, 0) is 0 Å². The molecule has 22 heavy (non-hydrogen) atoms. The third kappa shape index (κ3) is 2.95. The highest BCUT2D eigenvalue weighted by molar-refractivity contribution is 5.98. The quantitative estimate of drug-likeness (QED) is 0.806. The topological polar surface area (TPSA) is 20.3 Å². The van der Waals surface area contributed by atoms with E-state index in [2.05, 4.69) is 36.1 Å². The van der Waals surface area contributed by atoms with Crippen molar-refractivity contribution in [1.82, 2.24) is 4.90 Å². The summed E-state index contributed by atoms with van der Waals surface area (Å²) in [6.07, 6.45) is 0. The second kappa shape index (κ2) is 6.01. The number of carbonyl (C=O) groups is 1. The molecule has 0 radical (unpaired) electrons. The summed E-state index contributed by atoms with van der Waals surface area (Å²) in [5.74, 6) is -0.0774. The van der Waals surface area contributed by atoms with Gasteiger partial charge in [-0.05, 0) is 43.8 Å². The van der Waals surface area contributed by atoms with E-state index in [1.54, 1.807) is 12.1 Å². The van der Waals surface area contributed by atoms with Crippen LogP contribution in [0.15, 0.2) is 48.5 Å². The SMILES string of the molecule is Cc1ccc([C@@H]2CN(C)C[C@@H]2C(=O)c2ccc(F)cc2)cc1. The summed E-state index contributed by atoms with van der Waals surface area (Å²) < 4.78 is 13.0. The van der Waals surface area contributed by atoms with Gasteiger partial charge in [0.05, 0.1) is 0 Å². The van der Waals surface area contributed by atoms with Gasteiger partial charge in [-0.3, -0.25) is 4.79 Å². The Labute approximate surface area is 130 Å². The van der Waals surface area contributed by atoms with Gasteiger partial charge in [-0.1, -0.05) is 29.8 Å². The largest absolute Gasteiger partial charge is 0.305 e. The lowest BCUT2D eigenvalue weighted by atomic mass is 9.83. The first kappa shape index (κ1) is 14.9. The van der Waals surface area contributed by atoms with E-state index in [4.69, 9.17) is 0 Å². The zero-order valence-corrected chi connectivity index (χ0v) is 12.9. The molecule has 114 valence electrons. The Hall–Kier alpha value is -2.00. The van der Waals surface area contributed by atoms with Gasteiger partial charge in [-0.25, -0.2) is 4.39 Å². The molecule has 1 fully saturated rings. The zero-order chi connectivity index (χ0) is 15.7. The maximum atomic E-state index is 13.0. The number of halogens is 1. The van der Waals surface area contributed by atoms with Crippen LogP contribution in [0.4, 0.5) is 4.39 Å². The predicted octanol–water partition coefficient (Wildman–Crippen LogP) is 3.66. The molecule has 1 aliphatic rings. The molecule has 1 heterocycles. The molecule has 0 unspecified atom stereocenters. The molecule has 1 saturated heterocycles. The van der Waals surface area contributed by atoms with E-state index in [1.807, 2.05) is 7.05 Å². The molecule has 0 saturated carbocycles. The minimum Gasteiger partial charge on any atom is -0.305 e. The lowest BCUT2D eigenvalue weighted by Crippen LogP contribution is -2.22. The van der Waals surface area contributed by atoms with Gasteiger partial charge in [-0.2, -0.15) is 0 Å². The first-order valence-electron chi connectivity index (χ1n) is 7.59. The molecule has 0 spiro atoms. The number of nitrogens with zero attached hydrogens (tertiary/aromatic N) is 1. The van der Waals surface area contributed by atoms with Gasteiger partial charge in [-0.15, -0.1) is 0 Å². The number of rotatable bonds is 3. The maximum absolute atomic E-state index is 13.0. The lowest BCUT2D eigenvalue weighted by molar-refractivity contribution is 0.0915. The minimum absolute atomic E-state index is 0.0711. The van der Waals surface area contributed by atoms with Gasteiger partial charge in [0.25, 0.3) is 0 Å². The molecule has 0 bridgehead atoms. The van der Waals surface area contributed by atoms with Crippen LogP contribution in [0, 0.1) is 18.7 Å². The van der Waals surface area contributed by atoms with Crippen molar-refractivity contribution in [3.8, 4) is 0 Å². The van der Waals surface area contributed by atoms with Crippen LogP contribution in [0.5, 0.6) is 0 Å². The monoisotopic (exact) mass is 297 g/mol. The van der Waals surface area contributed by atoms with Crippen molar-refractivity contribution in [2.75, 3.05) is 20.1 Å². The molecular weight excluding hydrogens is 277 g/mol. The lowest BCUT2D eigenvalue weighted by Gasteiger charge is -2.18. The van der Waals surface area contributed by atoms with E-state index >= 15 is 0 Å². The summed E-state index contributed by atoms with van der Waals surface area (Å²) in [4.78, 5) is 15.0. The van der Waals surface area contributed by atoms with Crippen molar-refractivity contribution in [1.29, 1.82) is 0 Å². The van der Waals surface area contributed by atoms with Gasteiger partial charge >= 0.3 is 0 Å². The Morgan fingerprint density at radius 2 is 1.68 bits per heavy atom. The molecule has 2 aromatic carbocycles. The molecule has 2 atom stereocenters. The van der Waals surface area contributed by atoms with Crippen LogP contribution in [-0.4, -0.2) is 30.8 Å². The van der Waals surface area contributed by atoms with E-state index in [9.17, 15) is 9.18 Å². The molecule has 0 aliphatic carbocycles. The van der Waals surface area contributed by atoms with Crippen LogP contribution >= 0.6 is 0 Å².